The average Bonchev–Trinajstić information content (AvgIpc) is 2.37. The molecule has 0 aliphatic heterocycles. The van der Waals surface area contributed by atoms with Crippen molar-refractivity contribution in [3.8, 4) is 5.75 Å². The Morgan fingerprint density at radius 1 is 1.44 bits per heavy atom. The van der Waals surface area contributed by atoms with Gasteiger partial charge in [-0.3, -0.25) is 4.79 Å². The van der Waals surface area contributed by atoms with E-state index in [1.165, 1.54) is 0 Å². The highest BCUT2D eigenvalue weighted by molar-refractivity contribution is 5.78. The first kappa shape index (κ1) is 12.9. The van der Waals surface area contributed by atoms with Gasteiger partial charge in [-0.15, -0.1) is 0 Å². The van der Waals surface area contributed by atoms with Crippen LogP contribution in [0.2, 0.25) is 0 Å². The topological polar surface area (TPSA) is 58.6 Å². The molecule has 18 heavy (non-hydrogen) atoms. The highest BCUT2D eigenvalue weighted by Gasteiger charge is 2.47. The minimum atomic E-state index is -0.335. The minimum absolute atomic E-state index is 0.00664. The molecule has 4 nitrogen and oxygen atoms in total. The number of aliphatic hydroxyl groups excluding tert-OH is 1. The van der Waals surface area contributed by atoms with Crippen molar-refractivity contribution in [2.75, 3.05) is 6.61 Å². The van der Waals surface area contributed by atoms with Gasteiger partial charge >= 0.3 is 0 Å². The number of nitrogens with one attached hydrogen (secondary N) is 1. The third-order valence-electron chi connectivity index (χ3n) is 3.66. The third-order valence-corrected chi connectivity index (χ3v) is 3.66. The van der Waals surface area contributed by atoms with Crippen molar-refractivity contribution in [2.45, 2.75) is 32.4 Å². The normalized spacial score (nSPS) is 25.1. The summed E-state index contributed by atoms with van der Waals surface area (Å²) in [6, 6.07) is 9.26. The van der Waals surface area contributed by atoms with Gasteiger partial charge in [0.2, 0.25) is 0 Å². The lowest BCUT2D eigenvalue weighted by Gasteiger charge is -2.49. The highest BCUT2D eigenvalue weighted by Crippen LogP contribution is 2.40. The molecule has 1 fully saturated rings. The molecule has 4 heteroatoms. The van der Waals surface area contributed by atoms with Crippen LogP contribution in [0.1, 0.15) is 20.3 Å². The van der Waals surface area contributed by atoms with Crippen LogP contribution in [0.3, 0.4) is 0 Å². The molecule has 2 N–H and O–H groups in total. The second-order valence-electron chi connectivity index (χ2n) is 5.29. The van der Waals surface area contributed by atoms with Crippen molar-refractivity contribution in [3.05, 3.63) is 30.3 Å². The van der Waals surface area contributed by atoms with Crippen LogP contribution in [0.5, 0.6) is 5.75 Å². The summed E-state index contributed by atoms with van der Waals surface area (Å²) < 4.78 is 5.36. The number of para-hydroxylation sites is 1. The molecule has 0 radical (unpaired) electrons. The smallest absolute Gasteiger partial charge is 0.258 e. The number of rotatable bonds is 4. The molecule has 0 spiro atoms. The first-order valence-electron chi connectivity index (χ1n) is 6.15. The van der Waals surface area contributed by atoms with E-state index in [1.54, 1.807) is 0 Å². The molecule has 0 bridgehead atoms. The Hall–Kier alpha value is -1.55. The van der Waals surface area contributed by atoms with Crippen LogP contribution in [0.25, 0.3) is 0 Å². The maximum atomic E-state index is 11.7. The Morgan fingerprint density at radius 2 is 2.11 bits per heavy atom. The lowest BCUT2D eigenvalue weighted by Crippen LogP contribution is -2.61. The summed E-state index contributed by atoms with van der Waals surface area (Å²) in [5.41, 5.74) is -0.248. The Bertz CT molecular complexity index is 416. The van der Waals surface area contributed by atoms with Gasteiger partial charge in [0, 0.05) is 11.5 Å². The molecule has 1 amide bonds. The molecule has 1 aromatic carbocycles. The van der Waals surface area contributed by atoms with Gasteiger partial charge < -0.3 is 15.2 Å². The van der Waals surface area contributed by atoms with Crippen LogP contribution < -0.4 is 10.1 Å². The fourth-order valence-electron chi connectivity index (χ4n) is 2.05. The van der Waals surface area contributed by atoms with E-state index in [2.05, 4.69) is 5.32 Å². The predicted molar refractivity (Wildman–Crippen MR) is 68.3 cm³/mol. The zero-order valence-electron chi connectivity index (χ0n) is 10.7. The van der Waals surface area contributed by atoms with Crippen LogP contribution in [0.4, 0.5) is 0 Å². The molecular weight excluding hydrogens is 230 g/mol. The lowest BCUT2D eigenvalue weighted by atomic mass is 9.64. The zero-order chi connectivity index (χ0) is 13.2. The number of amides is 1. The lowest BCUT2D eigenvalue weighted by molar-refractivity contribution is -0.131. The molecule has 0 heterocycles. The monoisotopic (exact) mass is 249 g/mol. The van der Waals surface area contributed by atoms with E-state index in [-0.39, 0.29) is 30.1 Å². The summed E-state index contributed by atoms with van der Waals surface area (Å²) in [7, 11) is 0. The molecular formula is C14H19NO3. The Kier molecular flexibility index (Phi) is 3.57. The number of carbonyl (C=O) groups is 1. The van der Waals surface area contributed by atoms with Crippen molar-refractivity contribution in [1.29, 1.82) is 0 Å². The molecule has 1 aromatic rings. The Morgan fingerprint density at radius 3 is 2.67 bits per heavy atom. The second kappa shape index (κ2) is 4.98. The largest absolute Gasteiger partial charge is 0.484 e. The van der Waals surface area contributed by atoms with E-state index >= 15 is 0 Å². The maximum Gasteiger partial charge on any atom is 0.258 e. The third kappa shape index (κ3) is 2.64. The molecule has 0 saturated heterocycles. The van der Waals surface area contributed by atoms with Crippen LogP contribution in [0, 0.1) is 5.41 Å². The van der Waals surface area contributed by atoms with Gasteiger partial charge in [-0.05, 0) is 18.6 Å². The van der Waals surface area contributed by atoms with E-state index in [9.17, 15) is 9.90 Å². The van der Waals surface area contributed by atoms with Gasteiger partial charge in [-0.1, -0.05) is 32.0 Å². The van der Waals surface area contributed by atoms with Gasteiger partial charge in [0.05, 0.1) is 6.10 Å². The van der Waals surface area contributed by atoms with Crippen LogP contribution in [0.15, 0.2) is 30.3 Å². The van der Waals surface area contributed by atoms with Gasteiger partial charge in [-0.25, -0.2) is 0 Å². The van der Waals surface area contributed by atoms with E-state index in [0.717, 1.165) is 0 Å². The molecule has 2 unspecified atom stereocenters. The summed E-state index contributed by atoms with van der Waals surface area (Å²) in [4.78, 5) is 11.7. The fourth-order valence-corrected chi connectivity index (χ4v) is 2.05. The number of ether oxygens (including phenoxy) is 1. The van der Waals surface area contributed by atoms with Crippen LogP contribution in [-0.2, 0) is 4.79 Å². The first-order valence-corrected chi connectivity index (χ1v) is 6.15. The van der Waals surface area contributed by atoms with Gasteiger partial charge in [-0.2, -0.15) is 0 Å². The number of aliphatic hydroxyl groups is 1. The van der Waals surface area contributed by atoms with Crippen molar-refractivity contribution in [1.82, 2.24) is 5.32 Å². The number of benzene rings is 1. The number of carbonyl (C=O) groups excluding carboxylic acids is 1. The standard InChI is InChI=1S/C14H19NO3/c1-14(2)11(8-12(14)16)15-13(17)9-18-10-6-4-3-5-7-10/h3-7,11-12,16H,8-9H2,1-2H3,(H,15,17). The number of hydrogen-bond acceptors (Lipinski definition) is 3. The molecule has 0 aromatic heterocycles. The minimum Gasteiger partial charge on any atom is -0.484 e. The van der Waals surface area contributed by atoms with E-state index in [0.29, 0.717) is 12.2 Å². The number of hydrogen-bond donors (Lipinski definition) is 2. The van der Waals surface area contributed by atoms with Crippen molar-refractivity contribution < 1.29 is 14.6 Å². The summed E-state index contributed by atoms with van der Waals surface area (Å²) in [6.07, 6.45) is 0.280. The van der Waals surface area contributed by atoms with Crippen molar-refractivity contribution in [2.24, 2.45) is 5.41 Å². The Balaban J connectivity index is 1.77. The predicted octanol–water partition coefficient (Wildman–Crippen LogP) is 1.34. The molecule has 2 atom stereocenters. The second-order valence-corrected chi connectivity index (χ2v) is 5.29. The first-order chi connectivity index (χ1) is 8.50. The van der Waals surface area contributed by atoms with Gasteiger partial charge in [0.1, 0.15) is 5.75 Å². The molecule has 1 aliphatic carbocycles. The van der Waals surface area contributed by atoms with Gasteiger partial charge in [0.15, 0.2) is 6.61 Å². The molecule has 2 rings (SSSR count). The molecule has 1 aliphatic rings. The van der Waals surface area contributed by atoms with E-state index in [4.69, 9.17) is 4.74 Å². The molecule has 1 saturated carbocycles. The van der Waals surface area contributed by atoms with Crippen molar-refractivity contribution >= 4 is 5.91 Å². The Labute approximate surface area is 107 Å². The van der Waals surface area contributed by atoms with Gasteiger partial charge in [0.25, 0.3) is 5.91 Å². The quantitative estimate of drug-likeness (QED) is 0.846. The maximum absolute atomic E-state index is 11.7. The van der Waals surface area contributed by atoms with Crippen LogP contribution in [-0.4, -0.2) is 29.8 Å². The average molecular weight is 249 g/mol. The fraction of sp³-hybridized carbons (Fsp3) is 0.500. The highest BCUT2D eigenvalue weighted by atomic mass is 16.5. The van der Waals surface area contributed by atoms with Crippen LogP contribution >= 0.6 is 0 Å². The summed E-state index contributed by atoms with van der Waals surface area (Å²) in [5, 5.41) is 12.5. The molecule has 98 valence electrons. The zero-order valence-corrected chi connectivity index (χ0v) is 10.7. The SMILES string of the molecule is CC1(C)C(O)CC1NC(=O)COc1ccccc1. The van der Waals surface area contributed by atoms with E-state index < -0.39 is 0 Å². The summed E-state index contributed by atoms with van der Waals surface area (Å²) in [5.74, 6) is 0.532. The van der Waals surface area contributed by atoms with Crippen molar-refractivity contribution in [3.63, 3.8) is 0 Å². The van der Waals surface area contributed by atoms with E-state index in [1.807, 2.05) is 44.2 Å². The summed E-state index contributed by atoms with van der Waals surface area (Å²) >= 11 is 0. The summed E-state index contributed by atoms with van der Waals surface area (Å²) in [6.45, 7) is 3.90.